The van der Waals surface area contributed by atoms with Crippen LogP contribution >= 0.6 is 0 Å². The standard InChI is InChI=1S/C12H20N2O6S/c1-14-9-10(21(13,16)17)8-11(14)12(15)20-7-6-19-5-3-4-18-2/h8-9H,3-7H2,1-2H3,(H2,13,16,17). The fraction of sp³-hybridized carbons (Fsp3) is 0.583. The summed E-state index contributed by atoms with van der Waals surface area (Å²) in [5.74, 6) is -0.632. The molecule has 0 amide bonds. The van der Waals surface area contributed by atoms with Gasteiger partial charge in [0.15, 0.2) is 0 Å². The van der Waals surface area contributed by atoms with Gasteiger partial charge in [-0.3, -0.25) is 0 Å². The second-order valence-electron chi connectivity index (χ2n) is 4.31. The molecule has 0 unspecified atom stereocenters. The maximum absolute atomic E-state index is 11.8. The largest absolute Gasteiger partial charge is 0.459 e. The molecule has 0 fully saturated rings. The summed E-state index contributed by atoms with van der Waals surface area (Å²) in [4.78, 5) is 11.7. The van der Waals surface area contributed by atoms with Crippen LogP contribution in [-0.4, -0.2) is 52.5 Å². The van der Waals surface area contributed by atoms with E-state index >= 15 is 0 Å². The van der Waals surface area contributed by atoms with Crippen molar-refractivity contribution >= 4 is 16.0 Å². The molecule has 1 heterocycles. The van der Waals surface area contributed by atoms with Gasteiger partial charge < -0.3 is 18.8 Å². The monoisotopic (exact) mass is 320 g/mol. The minimum atomic E-state index is -3.84. The number of esters is 1. The Morgan fingerprint density at radius 1 is 1.29 bits per heavy atom. The van der Waals surface area contributed by atoms with E-state index in [1.165, 1.54) is 23.9 Å². The van der Waals surface area contributed by atoms with Crippen molar-refractivity contribution in [3.05, 3.63) is 18.0 Å². The first-order valence-electron chi connectivity index (χ1n) is 6.29. The van der Waals surface area contributed by atoms with E-state index in [2.05, 4.69) is 0 Å². The van der Waals surface area contributed by atoms with Crippen LogP contribution in [0.3, 0.4) is 0 Å². The number of carbonyl (C=O) groups excluding carboxylic acids is 1. The first-order valence-corrected chi connectivity index (χ1v) is 7.84. The summed E-state index contributed by atoms with van der Waals surface area (Å²) < 4.78 is 38.8. The number of hydrogen-bond donors (Lipinski definition) is 1. The van der Waals surface area contributed by atoms with Crippen LogP contribution in [0.1, 0.15) is 16.9 Å². The van der Waals surface area contributed by atoms with Crippen LogP contribution in [-0.2, 0) is 31.3 Å². The third-order valence-corrected chi connectivity index (χ3v) is 3.50. The quantitative estimate of drug-likeness (QED) is 0.502. The van der Waals surface area contributed by atoms with E-state index in [1.54, 1.807) is 7.11 Å². The summed E-state index contributed by atoms with van der Waals surface area (Å²) in [5.41, 5.74) is 0.110. The molecule has 0 bridgehead atoms. The smallest absolute Gasteiger partial charge is 0.355 e. The van der Waals surface area contributed by atoms with Crippen molar-refractivity contribution in [3.8, 4) is 0 Å². The SMILES string of the molecule is COCCCOCCOC(=O)c1cc(S(N)(=O)=O)cn1C. The van der Waals surface area contributed by atoms with Gasteiger partial charge in [-0.05, 0) is 12.5 Å². The van der Waals surface area contributed by atoms with E-state index < -0.39 is 16.0 Å². The van der Waals surface area contributed by atoms with Crippen molar-refractivity contribution in [2.24, 2.45) is 12.2 Å². The molecule has 2 N–H and O–H groups in total. The lowest BCUT2D eigenvalue weighted by molar-refractivity contribution is 0.0279. The van der Waals surface area contributed by atoms with E-state index in [0.717, 1.165) is 6.42 Å². The number of methoxy groups -OCH3 is 1. The van der Waals surface area contributed by atoms with Crippen LogP contribution in [0.25, 0.3) is 0 Å². The summed E-state index contributed by atoms with van der Waals surface area (Å²) in [6, 6.07) is 1.18. The van der Waals surface area contributed by atoms with E-state index in [4.69, 9.17) is 19.3 Å². The Morgan fingerprint density at radius 2 is 2.00 bits per heavy atom. The number of ether oxygens (including phenoxy) is 3. The third-order valence-electron chi connectivity index (χ3n) is 2.62. The highest BCUT2D eigenvalue weighted by Gasteiger charge is 2.18. The van der Waals surface area contributed by atoms with Gasteiger partial charge in [-0.2, -0.15) is 0 Å². The third kappa shape index (κ3) is 5.84. The molecule has 0 aliphatic heterocycles. The average molecular weight is 320 g/mol. The van der Waals surface area contributed by atoms with E-state index in [-0.39, 0.29) is 23.8 Å². The highest BCUT2D eigenvalue weighted by atomic mass is 32.2. The Hall–Kier alpha value is -1.42. The minimum Gasteiger partial charge on any atom is -0.459 e. The van der Waals surface area contributed by atoms with Gasteiger partial charge in [0.1, 0.15) is 17.2 Å². The van der Waals surface area contributed by atoms with Gasteiger partial charge >= 0.3 is 5.97 Å². The van der Waals surface area contributed by atoms with Crippen molar-refractivity contribution in [1.29, 1.82) is 0 Å². The van der Waals surface area contributed by atoms with E-state index in [1.807, 2.05) is 0 Å². The fourth-order valence-electron chi connectivity index (χ4n) is 1.57. The summed E-state index contributed by atoms with van der Waals surface area (Å²) >= 11 is 0. The molecule has 1 aromatic rings. The molecule has 21 heavy (non-hydrogen) atoms. The summed E-state index contributed by atoms with van der Waals surface area (Å²) in [7, 11) is -0.698. The van der Waals surface area contributed by atoms with Crippen LogP contribution in [0, 0.1) is 0 Å². The number of sulfonamides is 1. The molecular formula is C12H20N2O6S. The number of rotatable bonds is 9. The summed E-state index contributed by atoms with van der Waals surface area (Å²) in [6.07, 6.45) is 2.02. The lowest BCUT2D eigenvalue weighted by Crippen LogP contribution is -2.14. The minimum absolute atomic E-state index is 0.0850. The molecule has 1 aromatic heterocycles. The zero-order valence-corrected chi connectivity index (χ0v) is 12.9. The number of carbonyl (C=O) groups is 1. The second kappa shape index (κ2) is 8.13. The number of hydrogen-bond acceptors (Lipinski definition) is 6. The number of nitrogens with zero attached hydrogens (tertiary/aromatic N) is 1. The molecule has 0 aliphatic rings. The van der Waals surface area contributed by atoms with Crippen LogP contribution in [0.15, 0.2) is 17.2 Å². The normalized spacial score (nSPS) is 11.6. The number of nitrogens with two attached hydrogens (primary N) is 1. The van der Waals surface area contributed by atoms with Gasteiger partial charge in [-0.25, -0.2) is 18.4 Å². The van der Waals surface area contributed by atoms with Gasteiger partial charge in [0.2, 0.25) is 10.0 Å². The molecule has 9 heteroatoms. The molecule has 0 saturated heterocycles. The Morgan fingerprint density at radius 3 is 2.57 bits per heavy atom. The summed E-state index contributed by atoms with van der Waals surface area (Å²) in [5, 5.41) is 5.00. The Labute approximate surface area is 123 Å². The molecule has 0 atom stereocenters. The van der Waals surface area contributed by atoms with Crippen LogP contribution in [0.5, 0.6) is 0 Å². The average Bonchev–Trinajstić information content (AvgIpc) is 2.79. The van der Waals surface area contributed by atoms with Crippen molar-refractivity contribution < 1.29 is 27.4 Å². The molecule has 120 valence electrons. The number of aryl methyl sites for hydroxylation is 1. The van der Waals surface area contributed by atoms with Crippen molar-refractivity contribution in [3.63, 3.8) is 0 Å². The van der Waals surface area contributed by atoms with Crippen molar-refractivity contribution in [2.45, 2.75) is 11.3 Å². The Balaban J connectivity index is 2.41. The highest BCUT2D eigenvalue weighted by Crippen LogP contribution is 2.12. The predicted octanol–water partition coefficient (Wildman–Crippen LogP) is -0.118. The molecule has 8 nitrogen and oxygen atoms in total. The maximum Gasteiger partial charge on any atom is 0.355 e. The van der Waals surface area contributed by atoms with Crippen molar-refractivity contribution in [2.75, 3.05) is 33.5 Å². The molecule has 0 aliphatic carbocycles. The number of aromatic nitrogens is 1. The lowest BCUT2D eigenvalue weighted by Gasteiger charge is -2.06. The van der Waals surface area contributed by atoms with Crippen LogP contribution < -0.4 is 5.14 Å². The Bertz CT molecular complexity index is 566. The molecule has 0 radical (unpaired) electrons. The first kappa shape index (κ1) is 17.6. The van der Waals surface area contributed by atoms with Gasteiger partial charge in [0.05, 0.1) is 6.61 Å². The maximum atomic E-state index is 11.8. The predicted molar refractivity (Wildman–Crippen MR) is 74.4 cm³/mol. The molecule has 1 rings (SSSR count). The second-order valence-corrected chi connectivity index (χ2v) is 5.87. The fourth-order valence-corrected chi connectivity index (χ4v) is 2.15. The topological polar surface area (TPSA) is 110 Å². The zero-order valence-electron chi connectivity index (χ0n) is 12.1. The van der Waals surface area contributed by atoms with E-state index in [0.29, 0.717) is 13.2 Å². The number of primary sulfonamides is 1. The van der Waals surface area contributed by atoms with Gasteiger partial charge in [-0.1, -0.05) is 0 Å². The van der Waals surface area contributed by atoms with Gasteiger partial charge in [0, 0.05) is 33.6 Å². The molecular weight excluding hydrogens is 300 g/mol. The Kier molecular flexibility index (Phi) is 6.82. The van der Waals surface area contributed by atoms with E-state index in [9.17, 15) is 13.2 Å². The molecule has 0 aromatic carbocycles. The first-order chi connectivity index (χ1) is 9.86. The zero-order chi connectivity index (χ0) is 15.9. The highest BCUT2D eigenvalue weighted by molar-refractivity contribution is 7.89. The van der Waals surface area contributed by atoms with Crippen LogP contribution in [0.4, 0.5) is 0 Å². The lowest BCUT2D eigenvalue weighted by atomic mass is 10.4. The molecule has 0 spiro atoms. The van der Waals surface area contributed by atoms with Gasteiger partial charge in [0.25, 0.3) is 0 Å². The van der Waals surface area contributed by atoms with Gasteiger partial charge in [-0.15, -0.1) is 0 Å². The molecule has 0 saturated carbocycles. The van der Waals surface area contributed by atoms with Crippen molar-refractivity contribution in [1.82, 2.24) is 4.57 Å². The van der Waals surface area contributed by atoms with Crippen LogP contribution in [0.2, 0.25) is 0 Å². The summed E-state index contributed by atoms with van der Waals surface area (Å²) in [6.45, 7) is 1.48.